The van der Waals surface area contributed by atoms with Crippen molar-refractivity contribution in [1.29, 1.82) is 0 Å². The fraction of sp³-hybridized carbons (Fsp3) is 0.538. The molecule has 98 valence electrons. The number of nitrogens with one attached hydrogen (secondary N) is 1. The smallest absolute Gasteiger partial charge is 0.243 e. The van der Waals surface area contributed by atoms with Gasteiger partial charge in [0.1, 0.15) is 0 Å². The van der Waals surface area contributed by atoms with E-state index in [2.05, 4.69) is 41.3 Å². The second kappa shape index (κ2) is 5.35. The molecule has 0 aliphatic carbocycles. The zero-order valence-electron chi connectivity index (χ0n) is 11.5. The van der Waals surface area contributed by atoms with Crippen molar-refractivity contribution in [2.24, 2.45) is 0 Å². The van der Waals surface area contributed by atoms with Crippen LogP contribution in [0.15, 0.2) is 18.3 Å². The van der Waals surface area contributed by atoms with Crippen molar-refractivity contribution < 1.29 is 0 Å². The van der Waals surface area contributed by atoms with E-state index in [1.54, 1.807) is 0 Å². The summed E-state index contributed by atoms with van der Waals surface area (Å²) in [7, 11) is 4.17. The summed E-state index contributed by atoms with van der Waals surface area (Å²) in [5, 5.41) is 7.77. The SMILES string of the molecule is Cc1cccn2nc(NC(C)CCN(C)C)nc12. The minimum Gasteiger partial charge on any atom is -0.350 e. The maximum absolute atomic E-state index is 4.51. The number of pyridine rings is 1. The minimum absolute atomic E-state index is 0.366. The number of anilines is 1. The maximum Gasteiger partial charge on any atom is 0.243 e. The third-order valence-electron chi connectivity index (χ3n) is 2.94. The highest BCUT2D eigenvalue weighted by Crippen LogP contribution is 2.11. The van der Waals surface area contributed by atoms with Crippen LogP contribution in [0.25, 0.3) is 5.65 Å². The molecule has 5 nitrogen and oxygen atoms in total. The number of nitrogens with zero attached hydrogens (tertiary/aromatic N) is 4. The predicted molar refractivity (Wildman–Crippen MR) is 74.0 cm³/mol. The Labute approximate surface area is 108 Å². The molecule has 1 atom stereocenters. The Morgan fingerprint density at radius 3 is 2.89 bits per heavy atom. The Bertz CT molecular complexity index is 517. The van der Waals surface area contributed by atoms with Gasteiger partial charge in [-0.2, -0.15) is 4.98 Å². The summed E-state index contributed by atoms with van der Waals surface area (Å²) < 4.78 is 1.82. The highest BCUT2D eigenvalue weighted by Gasteiger charge is 2.08. The summed E-state index contributed by atoms with van der Waals surface area (Å²) >= 11 is 0. The number of aromatic nitrogens is 3. The Morgan fingerprint density at radius 2 is 2.22 bits per heavy atom. The topological polar surface area (TPSA) is 45.5 Å². The highest BCUT2D eigenvalue weighted by atomic mass is 15.3. The Hall–Kier alpha value is -1.62. The van der Waals surface area contributed by atoms with Gasteiger partial charge in [-0.1, -0.05) is 6.07 Å². The zero-order chi connectivity index (χ0) is 13.1. The Balaban J connectivity index is 2.05. The van der Waals surface area contributed by atoms with Gasteiger partial charge in [0, 0.05) is 12.2 Å². The monoisotopic (exact) mass is 247 g/mol. The second-order valence-corrected chi connectivity index (χ2v) is 5.03. The maximum atomic E-state index is 4.51. The molecule has 0 saturated heterocycles. The fourth-order valence-corrected chi connectivity index (χ4v) is 1.85. The first-order chi connectivity index (χ1) is 8.56. The minimum atomic E-state index is 0.366. The van der Waals surface area contributed by atoms with Gasteiger partial charge in [0.25, 0.3) is 0 Å². The van der Waals surface area contributed by atoms with Crippen LogP contribution in [0, 0.1) is 6.92 Å². The van der Waals surface area contributed by atoms with Crippen molar-refractivity contribution in [3.05, 3.63) is 23.9 Å². The van der Waals surface area contributed by atoms with Crippen molar-refractivity contribution >= 4 is 11.6 Å². The van der Waals surface area contributed by atoms with Crippen LogP contribution in [0.3, 0.4) is 0 Å². The normalized spacial score (nSPS) is 13.2. The first kappa shape index (κ1) is 12.8. The molecule has 0 fully saturated rings. The third-order valence-corrected chi connectivity index (χ3v) is 2.94. The van der Waals surface area contributed by atoms with E-state index in [0.29, 0.717) is 12.0 Å². The second-order valence-electron chi connectivity index (χ2n) is 5.03. The molecule has 1 unspecified atom stereocenters. The lowest BCUT2D eigenvalue weighted by molar-refractivity contribution is 0.390. The van der Waals surface area contributed by atoms with E-state index in [9.17, 15) is 0 Å². The molecule has 2 heterocycles. The van der Waals surface area contributed by atoms with E-state index in [0.717, 1.165) is 24.2 Å². The van der Waals surface area contributed by atoms with Gasteiger partial charge in [0.2, 0.25) is 5.95 Å². The van der Waals surface area contributed by atoms with E-state index < -0.39 is 0 Å². The van der Waals surface area contributed by atoms with Gasteiger partial charge in [-0.3, -0.25) is 0 Å². The molecule has 0 saturated carbocycles. The van der Waals surface area contributed by atoms with Gasteiger partial charge in [-0.05, 0) is 52.5 Å². The van der Waals surface area contributed by atoms with Crippen molar-refractivity contribution in [2.75, 3.05) is 26.0 Å². The molecule has 0 aliphatic rings. The molecule has 0 radical (unpaired) electrons. The molecule has 2 rings (SSSR count). The summed E-state index contributed by atoms with van der Waals surface area (Å²) in [5.74, 6) is 0.704. The first-order valence-corrected chi connectivity index (χ1v) is 6.29. The van der Waals surface area contributed by atoms with Crippen molar-refractivity contribution in [1.82, 2.24) is 19.5 Å². The summed E-state index contributed by atoms with van der Waals surface area (Å²) in [6.45, 7) is 5.26. The van der Waals surface area contributed by atoms with Gasteiger partial charge in [0.15, 0.2) is 5.65 Å². The summed E-state index contributed by atoms with van der Waals surface area (Å²) in [6, 6.07) is 4.39. The van der Waals surface area contributed by atoms with Crippen LogP contribution in [0.4, 0.5) is 5.95 Å². The number of fused-ring (bicyclic) bond motifs is 1. The average Bonchev–Trinajstić information content (AvgIpc) is 2.70. The summed E-state index contributed by atoms with van der Waals surface area (Å²) in [6.07, 6.45) is 2.99. The van der Waals surface area contributed by atoms with E-state index in [-0.39, 0.29) is 0 Å². The number of hydrogen-bond donors (Lipinski definition) is 1. The first-order valence-electron chi connectivity index (χ1n) is 6.29. The molecule has 0 aromatic carbocycles. The van der Waals surface area contributed by atoms with Crippen LogP contribution >= 0.6 is 0 Å². The van der Waals surface area contributed by atoms with Crippen LogP contribution in [0.5, 0.6) is 0 Å². The molecule has 2 aromatic heterocycles. The quantitative estimate of drug-likeness (QED) is 0.875. The van der Waals surface area contributed by atoms with Crippen LogP contribution in [-0.4, -0.2) is 46.2 Å². The van der Waals surface area contributed by atoms with Crippen LogP contribution < -0.4 is 5.32 Å². The molecule has 0 spiro atoms. The van der Waals surface area contributed by atoms with Crippen molar-refractivity contribution in [2.45, 2.75) is 26.3 Å². The zero-order valence-corrected chi connectivity index (χ0v) is 11.5. The lowest BCUT2D eigenvalue weighted by Gasteiger charge is -2.15. The summed E-state index contributed by atoms with van der Waals surface area (Å²) in [4.78, 5) is 6.69. The van der Waals surface area contributed by atoms with Crippen LogP contribution in [0.2, 0.25) is 0 Å². The average molecular weight is 247 g/mol. The Kier molecular flexibility index (Phi) is 3.81. The standard InChI is InChI=1S/C13H21N5/c1-10-6-5-8-18-12(10)15-13(16-18)14-11(2)7-9-17(3)4/h5-6,8,11H,7,9H2,1-4H3,(H,14,16). The van der Waals surface area contributed by atoms with E-state index in [1.807, 2.05) is 29.8 Å². The van der Waals surface area contributed by atoms with Gasteiger partial charge in [-0.15, -0.1) is 5.10 Å². The van der Waals surface area contributed by atoms with E-state index in [4.69, 9.17) is 0 Å². The van der Waals surface area contributed by atoms with E-state index in [1.165, 1.54) is 0 Å². The number of rotatable bonds is 5. The molecule has 18 heavy (non-hydrogen) atoms. The molecule has 0 amide bonds. The number of hydrogen-bond acceptors (Lipinski definition) is 4. The van der Waals surface area contributed by atoms with Crippen LogP contribution in [-0.2, 0) is 0 Å². The molecular formula is C13H21N5. The Morgan fingerprint density at radius 1 is 1.44 bits per heavy atom. The number of aryl methyl sites for hydroxylation is 1. The fourth-order valence-electron chi connectivity index (χ4n) is 1.85. The molecule has 0 bridgehead atoms. The summed E-state index contributed by atoms with van der Waals surface area (Å²) in [5.41, 5.74) is 2.05. The van der Waals surface area contributed by atoms with E-state index >= 15 is 0 Å². The lowest BCUT2D eigenvalue weighted by atomic mass is 10.2. The van der Waals surface area contributed by atoms with Gasteiger partial charge >= 0.3 is 0 Å². The predicted octanol–water partition coefficient (Wildman–Crippen LogP) is 1.79. The van der Waals surface area contributed by atoms with Gasteiger partial charge in [-0.25, -0.2) is 4.52 Å². The highest BCUT2D eigenvalue weighted by molar-refractivity contribution is 5.49. The van der Waals surface area contributed by atoms with Gasteiger partial charge < -0.3 is 10.2 Å². The van der Waals surface area contributed by atoms with Gasteiger partial charge in [0.05, 0.1) is 0 Å². The molecule has 2 aromatic rings. The largest absolute Gasteiger partial charge is 0.350 e. The third kappa shape index (κ3) is 2.98. The molecule has 0 aliphatic heterocycles. The molecular weight excluding hydrogens is 226 g/mol. The molecule has 5 heteroatoms. The van der Waals surface area contributed by atoms with Crippen LogP contribution in [0.1, 0.15) is 18.9 Å². The van der Waals surface area contributed by atoms with Crippen molar-refractivity contribution in [3.63, 3.8) is 0 Å². The lowest BCUT2D eigenvalue weighted by Crippen LogP contribution is -2.23. The van der Waals surface area contributed by atoms with Crippen molar-refractivity contribution in [3.8, 4) is 0 Å². The molecule has 1 N–H and O–H groups in total.